The molecule has 0 bridgehead atoms. The lowest BCUT2D eigenvalue weighted by Gasteiger charge is -2.22. The number of hydrogen-bond acceptors (Lipinski definition) is 1. The summed E-state index contributed by atoms with van der Waals surface area (Å²) in [7, 11) is 0. The van der Waals surface area contributed by atoms with Gasteiger partial charge in [0.2, 0.25) is 0 Å². The van der Waals surface area contributed by atoms with E-state index in [1.54, 1.807) is 0 Å². The molecule has 0 aromatic rings. The molecule has 1 unspecified atom stereocenters. The van der Waals surface area contributed by atoms with Crippen molar-refractivity contribution in [3.05, 3.63) is 0 Å². The van der Waals surface area contributed by atoms with Gasteiger partial charge in [0.25, 0.3) is 0 Å². The second-order valence-corrected chi connectivity index (χ2v) is 4.62. The minimum atomic E-state index is -4.23. The van der Waals surface area contributed by atoms with Crippen molar-refractivity contribution in [1.29, 1.82) is 0 Å². The van der Waals surface area contributed by atoms with Crippen molar-refractivity contribution in [2.45, 2.75) is 52.8 Å². The normalized spacial score (nSPS) is 15.6. The van der Waals surface area contributed by atoms with E-state index < -0.39 is 12.3 Å². The molecule has 0 radical (unpaired) electrons. The van der Waals surface area contributed by atoms with Crippen LogP contribution in [0.3, 0.4) is 0 Å². The smallest absolute Gasteiger partial charge is 0.369 e. The second-order valence-electron chi connectivity index (χ2n) is 4.62. The topological polar surface area (TPSA) is 9.23 Å². The van der Waals surface area contributed by atoms with E-state index in [2.05, 4.69) is 0 Å². The van der Waals surface area contributed by atoms with Crippen molar-refractivity contribution in [3.8, 4) is 0 Å². The molecule has 0 aromatic heterocycles. The number of hydrogen-bond donors (Lipinski definition) is 0. The van der Waals surface area contributed by atoms with Gasteiger partial charge in [0.1, 0.15) is 0 Å². The molecule has 1 atom stereocenters. The molecule has 0 heterocycles. The summed E-state index contributed by atoms with van der Waals surface area (Å²) >= 11 is 0. The van der Waals surface area contributed by atoms with Gasteiger partial charge in [0.15, 0.2) is 6.10 Å². The van der Waals surface area contributed by atoms with Crippen LogP contribution in [-0.2, 0) is 4.74 Å². The number of alkyl halides is 3. The maximum atomic E-state index is 12.2. The zero-order valence-electron chi connectivity index (χ0n) is 9.24. The lowest BCUT2D eigenvalue weighted by Crippen LogP contribution is -2.31. The molecule has 0 spiro atoms. The van der Waals surface area contributed by atoms with Gasteiger partial charge in [-0.3, -0.25) is 0 Å². The lowest BCUT2D eigenvalue weighted by molar-refractivity contribution is -0.222. The van der Waals surface area contributed by atoms with E-state index in [0.29, 0.717) is 6.42 Å². The Labute approximate surface area is 83.6 Å². The number of halogens is 3. The van der Waals surface area contributed by atoms with Crippen LogP contribution >= 0.6 is 0 Å². The molecule has 0 aromatic carbocycles. The van der Waals surface area contributed by atoms with E-state index in [1.807, 2.05) is 20.8 Å². The first-order valence-electron chi connectivity index (χ1n) is 4.85. The van der Waals surface area contributed by atoms with Gasteiger partial charge in [-0.05, 0) is 18.3 Å². The zero-order chi connectivity index (χ0) is 11.4. The largest absolute Gasteiger partial charge is 0.414 e. The Kier molecular flexibility index (Phi) is 4.92. The van der Waals surface area contributed by atoms with Gasteiger partial charge in [-0.25, -0.2) is 0 Å². The summed E-state index contributed by atoms with van der Waals surface area (Å²) in [6, 6.07) is 0. The Hall–Kier alpha value is -0.250. The quantitative estimate of drug-likeness (QED) is 0.689. The fourth-order valence-electron chi connectivity index (χ4n) is 0.951. The molecule has 0 aliphatic carbocycles. The van der Waals surface area contributed by atoms with Crippen LogP contribution in [0.25, 0.3) is 0 Å². The van der Waals surface area contributed by atoms with Crippen LogP contribution in [0.15, 0.2) is 0 Å². The third kappa shape index (κ3) is 6.24. The van der Waals surface area contributed by atoms with Gasteiger partial charge in [0.05, 0.1) is 0 Å². The van der Waals surface area contributed by atoms with Crippen LogP contribution in [0, 0.1) is 5.41 Å². The highest BCUT2D eigenvalue weighted by Crippen LogP contribution is 2.26. The second kappa shape index (κ2) is 5.01. The summed E-state index contributed by atoms with van der Waals surface area (Å²) in [4.78, 5) is 0. The van der Waals surface area contributed by atoms with Gasteiger partial charge in [0, 0.05) is 6.61 Å². The van der Waals surface area contributed by atoms with Gasteiger partial charge in [-0.15, -0.1) is 0 Å². The Bertz CT molecular complexity index is 158. The van der Waals surface area contributed by atoms with Crippen LogP contribution < -0.4 is 0 Å². The molecular weight excluding hydrogens is 193 g/mol. The highest BCUT2D eigenvalue weighted by atomic mass is 19.4. The van der Waals surface area contributed by atoms with E-state index in [4.69, 9.17) is 4.74 Å². The highest BCUT2D eigenvalue weighted by Gasteiger charge is 2.39. The van der Waals surface area contributed by atoms with E-state index in [9.17, 15) is 13.2 Å². The standard InChI is InChI=1S/C10H19F3O/c1-5-8(10(11,12)13)14-7-6-9(2,3)4/h8H,5-7H2,1-4H3. The van der Waals surface area contributed by atoms with Crippen molar-refractivity contribution < 1.29 is 17.9 Å². The van der Waals surface area contributed by atoms with Crippen LogP contribution in [0.5, 0.6) is 0 Å². The monoisotopic (exact) mass is 212 g/mol. The van der Waals surface area contributed by atoms with Gasteiger partial charge >= 0.3 is 6.18 Å². The molecular formula is C10H19F3O. The Morgan fingerprint density at radius 2 is 1.64 bits per heavy atom. The number of ether oxygens (including phenoxy) is 1. The number of rotatable bonds is 4. The average Bonchev–Trinajstić information content (AvgIpc) is 1.93. The molecule has 14 heavy (non-hydrogen) atoms. The minimum absolute atomic E-state index is 0.0177. The van der Waals surface area contributed by atoms with Crippen LogP contribution in [0.1, 0.15) is 40.5 Å². The van der Waals surface area contributed by atoms with Gasteiger partial charge in [-0.1, -0.05) is 27.7 Å². The Morgan fingerprint density at radius 3 is 1.93 bits per heavy atom. The molecule has 1 nitrogen and oxygen atoms in total. The molecule has 0 N–H and O–H groups in total. The highest BCUT2D eigenvalue weighted by molar-refractivity contribution is 4.67. The molecule has 0 amide bonds. The van der Waals surface area contributed by atoms with E-state index in [1.165, 1.54) is 6.92 Å². The van der Waals surface area contributed by atoms with Crippen LogP contribution in [0.4, 0.5) is 13.2 Å². The molecule has 4 heteroatoms. The predicted octanol–water partition coefficient (Wildman–Crippen LogP) is 3.78. The maximum Gasteiger partial charge on any atom is 0.414 e. The fourth-order valence-corrected chi connectivity index (χ4v) is 0.951. The first-order valence-corrected chi connectivity index (χ1v) is 4.85. The lowest BCUT2D eigenvalue weighted by atomic mass is 9.93. The van der Waals surface area contributed by atoms with Crippen molar-refractivity contribution in [1.82, 2.24) is 0 Å². The maximum absolute atomic E-state index is 12.2. The van der Waals surface area contributed by atoms with Crippen molar-refractivity contribution in [2.75, 3.05) is 6.61 Å². The first kappa shape index (κ1) is 13.8. The summed E-state index contributed by atoms with van der Waals surface area (Å²) in [5, 5.41) is 0. The first-order chi connectivity index (χ1) is 6.17. The molecule has 0 rings (SSSR count). The summed E-state index contributed by atoms with van der Waals surface area (Å²) in [6.45, 7) is 7.58. The molecule has 0 saturated heterocycles. The molecule has 0 aliphatic rings. The van der Waals surface area contributed by atoms with Gasteiger partial charge in [-0.2, -0.15) is 13.2 Å². The minimum Gasteiger partial charge on any atom is -0.369 e. The summed E-state index contributed by atoms with van der Waals surface area (Å²) in [6.07, 6.45) is -5.22. The van der Waals surface area contributed by atoms with Crippen LogP contribution in [-0.4, -0.2) is 18.9 Å². The van der Waals surface area contributed by atoms with Crippen molar-refractivity contribution in [2.24, 2.45) is 5.41 Å². The SMILES string of the molecule is CCC(OCCC(C)(C)C)C(F)(F)F. The zero-order valence-corrected chi connectivity index (χ0v) is 9.24. The molecule has 0 fully saturated rings. The van der Waals surface area contributed by atoms with Crippen LogP contribution in [0.2, 0.25) is 0 Å². The predicted molar refractivity (Wildman–Crippen MR) is 50.2 cm³/mol. The Balaban J connectivity index is 3.87. The fraction of sp³-hybridized carbons (Fsp3) is 1.00. The van der Waals surface area contributed by atoms with Gasteiger partial charge < -0.3 is 4.74 Å². The van der Waals surface area contributed by atoms with E-state index in [0.717, 1.165) is 0 Å². The molecule has 0 aliphatic heterocycles. The van der Waals surface area contributed by atoms with Crippen molar-refractivity contribution >= 4 is 0 Å². The van der Waals surface area contributed by atoms with Crippen molar-refractivity contribution in [3.63, 3.8) is 0 Å². The third-order valence-corrected chi connectivity index (χ3v) is 1.91. The average molecular weight is 212 g/mol. The molecule has 86 valence electrons. The summed E-state index contributed by atoms with van der Waals surface area (Å²) in [5.41, 5.74) is 0.0177. The summed E-state index contributed by atoms with van der Waals surface area (Å²) in [5.74, 6) is 0. The Morgan fingerprint density at radius 1 is 1.14 bits per heavy atom. The van der Waals surface area contributed by atoms with E-state index >= 15 is 0 Å². The molecule has 0 saturated carbocycles. The van der Waals surface area contributed by atoms with E-state index in [-0.39, 0.29) is 18.4 Å². The summed E-state index contributed by atoms with van der Waals surface area (Å²) < 4.78 is 41.5. The third-order valence-electron chi connectivity index (χ3n) is 1.91.